The van der Waals surface area contributed by atoms with E-state index < -0.39 is 0 Å². The van der Waals surface area contributed by atoms with Crippen molar-refractivity contribution >= 4 is 57.0 Å². The Labute approximate surface area is 212 Å². The number of rotatable bonds is 6. The van der Waals surface area contributed by atoms with Crippen LogP contribution in [0.3, 0.4) is 0 Å². The van der Waals surface area contributed by atoms with Gasteiger partial charge < -0.3 is 9.30 Å². The number of carbonyl (C=O) groups excluding carboxylic acids is 1. The molecular formula is C28H21Cl2N3O2. The minimum Gasteiger partial charge on any atom is -0.496 e. The number of carbonyl (C=O) groups is 1. The molecule has 4 aromatic carbocycles. The molecule has 1 heterocycles. The number of hydrazone groups is 1. The predicted molar refractivity (Wildman–Crippen MR) is 143 cm³/mol. The Bertz CT molecular complexity index is 1590. The van der Waals surface area contributed by atoms with Crippen molar-refractivity contribution in [2.24, 2.45) is 5.10 Å². The van der Waals surface area contributed by atoms with E-state index in [0.717, 1.165) is 32.8 Å². The molecule has 5 rings (SSSR count). The molecule has 0 unspecified atom stereocenters. The molecular weight excluding hydrogens is 481 g/mol. The fourth-order valence-electron chi connectivity index (χ4n) is 4.13. The van der Waals surface area contributed by atoms with Gasteiger partial charge in [-0.05, 0) is 46.7 Å². The number of hydrogen-bond donors (Lipinski definition) is 1. The van der Waals surface area contributed by atoms with Gasteiger partial charge in [-0.3, -0.25) is 4.79 Å². The zero-order chi connectivity index (χ0) is 24.4. The number of amides is 1. The quantitative estimate of drug-likeness (QED) is 0.202. The molecule has 0 saturated heterocycles. The molecule has 0 atom stereocenters. The van der Waals surface area contributed by atoms with Crippen LogP contribution in [0, 0.1) is 0 Å². The molecule has 1 N–H and O–H groups in total. The Hall–Kier alpha value is -3.80. The van der Waals surface area contributed by atoms with Crippen LogP contribution in [-0.4, -0.2) is 23.8 Å². The molecule has 174 valence electrons. The zero-order valence-corrected chi connectivity index (χ0v) is 20.3. The van der Waals surface area contributed by atoms with Gasteiger partial charge in [-0.15, -0.1) is 0 Å². The monoisotopic (exact) mass is 501 g/mol. The summed E-state index contributed by atoms with van der Waals surface area (Å²) in [6, 6.07) is 25.1. The molecule has 1 amide bonds. The van der Waals surface area contributed by atoms with Gasteiger partial charge in [-0.2, -0.15) is 5.10 Å². The lowest BCUT2D eigenvalue weighted by atomic mass is 10.1. The minimum absolute atomic E-state index is 0.344. The number of ether oxygens (including phenoxy) is 1. The first-order valence-electron chi connectivity index (χ1n) is 11.0. The van der Waals surface area contributed by atoms with Crippen LogP contribution in [-0.2, 0) is 6.54 Å². The molecule has 0 fully saturated rings. The summed E-state index contributed by atoms with van der Waals surface area (Å²) in [5.41, 5.74) is 6.01. The molecule has 5 aromatic rings. The van der Waals surface area contributed by atoms with E-state index in [1.54, 1.807) is 19.4 Å². The Kier molecular flexibility index (Phi) is 6.45. The summed E-state index contributed by atoms with van der Waals surface area (Å²) in [5.74, 6) is 0.151. The van der Waals surface area contributed by atoms with Gasteiger partial charge in [0.1, 0.15) is 5.75 Å². The van der Waals surface area contributed by atoms with Gasteiger partial charge >= 0.3 is 0 Å². The van der Waals surface area contributed by atoms with Gasteiger partial charge in [0.2, 0.25) is 0 Å². The molecule has 1 aromatic heterocycles. The van der Waals surface area contributed by atoms with E-state index in [-0.39, 0.29) is 5.91 Å². The Morgan fingerprint density at radius 1 is 0.971 bits per heavy atom. The first-order chi connectivity index (χ1) is 17.0. The smallest absolute Gasteiger partial charge is 0.275 e. The van der Waals surface area contributed by atoms with E-state index in [0.29, 0.717) is 27.9 Å². The third kappa shape index (κ3) is 4.74. The molecule has 35 heavy (non-hydrogen) atoms. The highest BCUT2D eigenvalue weighted by molar-refractivity contribution is 6.42. The number of methoxy groups -OCH3 is 1. The standard InChI is InChI=1S/C28H21Cl2N3O2/c1-35-27-14-20-7-3-2-6-19(20)13-23(27)28(34)32-31-15-21-17-33(26-9-5-4-8-22(21)26)16-18-10-11-24(29)25(30)12-18/h2-15,17H,16H2,1H3,(H,32,34)/b31-15-. The summed E-state index contributed by atoms with van der Waals surface area (Å²) in [7, 11) is 1.55. The van der Waals surface area contributed by atoms with Crippen LogP contribution in [0.5, 0.6) is 5.75 Å². The Morgan fingerprint density at radius 3 is 2.49 bits per heavy atom. The fraction of sp³-hybridized carbons (Fsp3) is 0.0714. The van der Waals surface area contributed by atoms with E-state index >= 15 is 0 Å². The minimum atomic E-state index is -0.344. The molecule has 0 saturated carbocycles. The second-order valence-electron chi connectivity index (χ2n) is 8.08. The Morgan fingerprint density at radius 2 is 1.71 bits per heavy atom. The summed E-state index contributed by atoms with van der Waals surface area (Å²) in [4.78, 5) is 12.9. The molecule has 0 aliphatic rings. The molecule has 5 nitrogen and oxygen atoms in total. The average molecular weight is 502 g/mol. The summed E-state index contributed by atoms with van der Waals surface area (Å²) < 4.78 is 7.55. The number of nitrogens with zero attached hydrogens (tertiary/aromatic N) is 2. The second kappa shape index (κ2) is 9.82. The lowest BCUT2D eigenvalue weighted by Gasteiger charge is -2.09. The number of para-hydroxylation sites is 1. The topological polar surface area (TPSA) is 55.6 Å². The van der Waals surface area contributed by atoms with Gasteiger partial charge in [0, 0.05) is 29.2 Å². The van der Waals surface area contributed by atoms with Crippen molar-refractivity contribution < 1.29 is 9.53 Å². The van der Waals surface area contributed by atoms with E-state index in [1.807, 2.05) is 79.0 Å². The highest BCUT2D eigenvalue weighted by Gasteiger charge is 2.14. The zero-order valence-electron chi connectivity index (χ0n) is 18.8. The van der Waals surface area contributed by atoms with E-state index in [4.69, 9.17) is 27.9 Å². The van der Waals surface area contributed by atoms with Crippen molar-refractivity contribution in [3.05, 3.63) is 112 Å². The van der Waals surface area contributed by atoms with Crippen LogP contribution in [0.4, 0.5) is 0 Å². The normalized spacial score (nSPS) is 11.4. The summed E-state index contributed by atoms with van der Waals surface area (Å²) >= 11 is 12.3. The van der Waals surface area contributed by atoms with Crippen LogP contribution in [0.25, 0.3) is 21.7 Å². The van der Waals surface area contributed by atoms with Gasteiger partial charge in [-0.1, -0.05) is 71.7 Å². The molecule has 0 bridgehead atoms. The maximum absolute atomic E-state index is 12.9. The number of aromatic nitrogens is 1. The van der Waals surface area contributed by atoms with Crippen LogP contribution in [0.2, 0.25) is 10.0 Å². The van der Waals surface area contributed by atoms with Crippen molar-refractivity contribution in [2.45, 2.75) is 6.54 Å². The van der Waals surface area contributed by atoms with Gasteiger partial charge in [0.25, 0.3) is 5.91 Å². The number of benzene rings is 4. The average Bonchev–Trinajstić information content (AvgIpc) is 3.22. The molecule has 0 aliphatic carbocycles. The van der Waals surface area contributed by atoms with Gasteiger partial charge in [0.05, 0.1) is 28.9 Å². The number of fused-ring (bicyclic) bond motifs is 2. The fourth-order valence-corrected chi connectivity index (χ4v) is 4.45. The lowest BCUT2D eigenvalue weighted by Crippen LogP contribution is -2.18. The highest BCUT2D eigenvalue weighted by Crippen LogP contribution is 2.27. The van der Waals surface area contributed by atoms with E-state index in [1.165, 1.54) is 0 Å². The van der Waals surface area contributed by atoms with Crippen LogP contribution in [0.1, 0.15) is 21.5 Å². The largest absolute Gasteiger partial charge is 0.496 e. The van der Waals surface area contributed by atoms with Crippen molar-refractivity contribution in [1.82, 2.24) is 9.99 Å². The van der Waals surface area contributed by atoms with E-state index in [9.17, 15) is 4.79 Å². The number of halogens is 2. The third-order valence-corrected chi connectivity index (χ3v) is 6.58. The van der Waals surface area contributed by atoms with Crippen LogP contribution < -0.4 is 10.2 Å². The molecule has 7 heteroatoms. The van der Waals surface area contributed by atoms with Crippen LogP contribution >= 0.6 is 23.2 Å². The summed E-state index contributed by atoms with van der Waals surface area (Å²) in [6.45, 7) is 0.617. The van der Waals surface area contributed by atoms with Crippen molar-refractivity contribution in [2.75, 3.05) is 7.11 Å². The van der Waals surface area contributed by atoms with Crippen LogP contribution in [0.15, 0.2) is 90.2 Å². The van der Waals surface area contributed by atoms with Gasteiger partial charge in [-0.25, -0.2) is 5.43 Å². The summed E-state index contributed by atoms with van der Waals surface area (Å²) in [6.07, 6.45) is 3.65. The highest BCUT2D eigenvalue weighted by atomic mass is 35.5. The van der Waals surface area contributed by atoms with E-state index in [2.05, 4.69) is 15.1 Å². The van der Waals surface area contributed by atoms with Gasteiger partial charge in [0.15, 0.2) is 0 Å². The van der Waals surface area contributed by atoms with Crippen molar-refractivity contribution in [3.8, 4) is 5.75 Å². The number of hydrogen-bond acceptors (Lipinski definition) is 3. The summed E-state index contributed by atoms with van der Waals surface area (Å²) in [5, 5.41) is 8.26. The number of nitrogens with one attached hydrogen (secondary N) is 1. The molecule has 0 aliphatic heterocycles. The maximum atomic E-state index is 12.9. The SMILES string of the molecule is COc1cc2ccccc2cc1C(=O)N/N=C\c1cn(Cc2ccc(Cl)c(Cl)c2)c2ccccc12. The van der Waals surface area contributed by atoms with Crippen molar-refractivity contribution in [1.29, 1.82) is 0 Å². The predicted octanol–water partition coefficient (Wildman–Crippen LogP) is 6.92. The van der Waals surface area contributed by atoms with Crippen molar-refractivity contribution in [3.63, 3.8) is 0 Å². The third-order valence-electron chi connectivity index (χ3n) is 5.84. The molecule has 0 radical (unpaired) electrons. The second-order valence-corrected chi connectivity index (χ2v) is 8.89. The first-order valence-corrected chi connectivity index (χ1v) is 11.7. The maximum Gasteiger partial charge on any atom is 0.275 e. The first kappa shape index (κ1) is 23.0. The molecule has 0 spiro atoms. The Balaban J connectivity index is 1.40. The lowest BCUT2D eigenvalue weighted by molar-refractivity contribution is 0.0952.